The van der Waals surface area contributed by atoms with Crippen LogP contribution in [-0.4, -0.2) is 34.0 Å². The van der Waals surface area contributed by atoms with Gasteiger partial charge in [0.05, 0.1) is 0 Å². The van der Waals surface area contributed by atoms with Gasteiger partial charge < -0.3 is 9.52 Å². The number of likely N-dealkylation sites (N-methyl/N-ethyl adjacent to an activating group) is 1. The Labute approximate surface area is 105 Å². The maximum absolute atomic E-state index is 10.9. The average molecular weight is 248 g/mol. The Kier molecular flexibility index (Phi) is 3.34. The molecule has 1 atom stereocenters. The molecular weight excluding hydrogens is 232 g/mol. The number of rotatable bonds is 4. The first-order chi connectivity index (χ1) is 8.47. The first-order valence-electron chi connectivity index (χ1n) is 5.76. The lowest BCUT2D eigenvalue weighted by Crippen LogP contribution is -2.35. The number of fused-ring (bicyclic) bond motifs is 1. The van der Waals surface area contributed by atoms with E-state index in [0.29, 0.717) is 12.4 Å². The van der Waals surface area contributed by atoms with Gasteiger partial charge in [0.1, 0.15) is 11.6 Å². The second-order valence-electron chi connectivity index (χ2n) is 4.46. The molecule has 1 unspecified atom stereocenters. The standard InChI is InChI=1S/C13H16N2O3/c1-8(13(16)17)15(3)7-10-4-5-11-12(6-10)18-9(2)14-11/h4-6,8H,7H2,1-3H3,(H,16,17). The SMILES string of the molecule is Cc1nc2ccc(CN(C)C(C)C(=O)O)cc2o1. The summed E-state index contributed by atoms with van der Waals surface area (Å²) in [6, 6.07) is 5.22. The Morgan fingerprint density at radius 2 is 2.28 bits per heavy atom. The number of hydrogen-bond acceptors (Lipinski definition) is 4. The molecule has 96 valence electrons. The Balaban J connectivity index is 2.18. The smallest absolute Gasteiger partial charge is 0.320 e. The molecule has 0 fully saturated rings. The molecule has 18 heavy (non-hydrogen) atoms. The highest BCUT2D eigenvalue weighted by molar-refractivity contribution is 5.74. The molecule has 1 aromatic heterocycles. The summed E-state index contributed by atoms with van der Waals surface area (Å²) in [6.45, 7) is 4.03. The third-order valence-corrected chi connectivity index (χ3v) is 3.01. The van der Waals surface area contributed by atoms with Gasteiger partial charge >= 0.3 is 5.97 Å². The predicted molar refractivity (Wildman–Crippen MR) is 67.3 cm³/mol. The minimum atomic E-state index is -0.825. The Morgan fingerprint density at radius 1 is 1.56 bits per heavy atom. The van der Waals surface area contributed by atoms with Crippen LogP contribution in [0.5, 0.6) is 0 Å². The minimum Gasteiger partial charge on any atom is -0.480 e. The van der Waals surface area contributed by atoms with Crippen LogP contribution in [0, 0.1) is 6.92 Å². The molecule has 2 aromatic rings. The summed E-state index contributed by atoms with van der Waals surface area (Å²) in [5, 5.41) is 8.94. The second kappa shape index (κ2) is 4.78. The lowest BCUT2D eigenvalue weighted by atomic mass is 10.2. The number of oxazole rings is 1. The van der Waals surface area contributed by atoms with E-state index in [0.717, 1.165) is 16.7 Å². The van der Waals surface area contributed by atoms with Crippen molar-refractivity contribution in [3.8, 4) is 0 Å². The topological polar surface area (TPSA) is 66.6 Å². The molecule has 2 rings (SSSR count). The zero-order valence-electron chi connectivity index (χ0n) is 10.7. The van der Waals surface area contributed by atoms with E-state index in [1.54, 1.807) is 25.8 Å². The first-order valence-corrected chi connectivity index (χ1v) is 5.76. The van der Waals surface area contributed by atoms with Gasteiger partial charge in [0, 0.05) is 13.5 Å². The number of carboxylic acids is 1. The summed E-state index contributed by atoms with van der Waals surface area (Å²) in [6.07, 6.45) is 0. The van der Waals surface area contributed by atoms with Crippen molar-refractivity contribution in [1.29, 1.82) is 0 Å². The average Bonchev–Trinajstić information content (AvgIpc) is 2.67. The fourth-order valence-electron chi connectivity index (χ4n) is 1.80. The van der Waals surface area contributed by atoms with Crippen LogP contribution in [-0.2, 0) is 11.3 Å². The number of nitrogens with zero attached hydrogens (tertiary/aromatic N) is 2. The third-order valence-electron chi connectivity index (χ3n) is 3.01. The van der Waals surface area contributed by atoms with Gasteiger partial charge in [-0.05, 0) is 31.7 Å². The van der Waals surface area contributed by atoms with E-state index < -0.39 is 12.0 Å². The number of benzene rings is 1. The van der Waals surface area contributed by atoms with E-state index in [1.807, 2.05) is 18.2 Å². The van der Waals surface area contributed by atoms with Crippen molar-refractivity contribution in [2.75, 3.05) is 7.05 Å². The highest BCUT2D eigenvalue weighted by Crippen LogP contribution is 2.18. The maximum atomic E-state index is 10.9. The van der Waals surface area contributed by atoms with Gasteiger partial charge in [-0.3, -0.25) is 9.69 Å². The molecule has 0 aliphatic carbocycles. The van der Waals surface area contributed by atoms with E-state index in [-0.39, 0.29) is 0 Å². The first kappa shape index (κ1) is 12.6. The molecule has 0 spiro atoms. The number of hydrogen-bond donors (Lipinski definition) is 1. The summed E-state index contributed by atoms with van der Waals surface area (Å²) in [4.78, 5) is 16.9. The molecule has 0 saturated heterocycles. The second-order valence-corrected chi connectivity index (χ2v) is 4.46. The Bertz CT molecular complexity index is 577. The van der Waals surface area contributed by atoms with E-state index in [4.69, 9.17) is 9.52 Å². The number of carboxylic acid groups (broad SMARTS) is 1. The van der Waals surface area contributed by atoms with Crippen molar-refractivity contribution in [2.45, 2.75) is 26.4 Å². The number of aromatic nitrogens is 1. The van der Waals surface area contributed by atoms with Crippen molar-refractivity contribution in [2.24, 2.45) is 0 Å². The Hall–Kier alpha value is -1.88. The fourth-order valence-corrected chi connectivity index (χ4v) is 1.80. The summed E-state index contributed by atoms with van der Waals surface area (Å²) >= 11 is 0. The van der Waals surface area contributed by atoms with Crippen LogP contribution in [0.15, 0.2) is 22.6 Å². The van der Waals surface area contributed by atoms with Crippen LogP contribution in [0.1, 0.15) is 18.4 Å². The van der Waals surface area contributed by atoms with Crippen molar-refractivity contribution in [1.82, 2.24) is 9.88 Å². The molecule has 5 nitrogen and oxygen atoms in total. The van der Waals surface area contributed by atoms with Crippen LogP contribution in [0.2, 0.25) is 0 Å². The predicted octanol–water partition coefficient (Wildman–Crippen LogP) is 2.04. The largest absolute Gasteiger partial charge is 0.480 e. The van der Waals surface area contributed by atoms with Crippen molar-refractivity contribution >= 4 is 17.1 Å². The summed E-state index contributed by atoms with van der Waals surface area (Å²) in [5.74, 6) is -0.191. The lowest BCUT2D eigenvalue weighted by Gasteiger charge is -2.20. The number of aryl methyl sites for hydroxylation is 1. The molecular formula is C13H16N2O3. The zero-order chi connectivity index (χ0) is 13.3. The van der Waals surface area contributed by atoms with Gasteiger partial charge in [-0.2, -0.15) is 0 Å². The van der Waals surface area contributed by atoms with E-state index in [1.165, 1.54) is 0 Å². The van der Waals surface area contributed by atoms with Crippen molar-refractivity contribution in [3.05, 3.63) is 29.7 Å². The van der Waals surface area contributed by atoms with Gasteiger partial charge in [-0.25, -0.2) is 4.98 Å². The molecule has 1 aromatic carbocycles. The van der Waals surface area contributed by atoms with Crippen LogP contribution in [0.25, 0.3) is 11.1 Å². The van der Waals surface area contributed by atoms with Crippen LogP contribution in [0.4, 0.5) is 0 Å². The van der Waals surface area contributed by atoms with Gasteiger partial charge in [-0.1, -0.05) is 6.07 Å². The molecule has 0 bridgehead atoms. The van der Waals surface area contributed by atoms with E-state index in [9.17, 15) is 4.79 Å². The molecule has 0 aliphatic rings. The summed E-state index contributed by atoms with van der Waals surface area (Å²) in [5.41, 5.74) is 2.57. The van der Waals surface area contributed by atoms with Gasteiger partial charge in [0.2, 0.25) is 0 Å². The molecule has 0 aliphatic heterocycles. The molecule has 1 N–H and O–H groups in total. The van der Waals surface area contributed by atoms with Crippen LogP contribution < -0.4 is 0 Å². The molecule has 0 radical (unpaired) electrons. The molecule has 1 heterocycles. The highest BCUT2D eigenvalue weighted by atomic mass is 16.4. The van der Waals surface area contributed by atoms with Gasteiger partial charge in [0.25, 0.3) is 0 Å². The molecule has 0 saturated carbocycles. The third kappa shape index (κ3) is 2.51. The molecule has 0 amide bonds. The van der Waals surface area contributed by atoms with Crippen molar-refractivity contribution < 1.29 is 14.3 Å². The van der Waals surface area contributed by atoms with E-state index in [2.05, 4.69) is 4.98 Å². The zero-order valence-corrected chi connectivity index (χ0v) is 10.7. The normalized spacial score (nSPS) is 13.1. The fraction of sp³-hybridized carbons (Fsp3) is 0.385. The minimum absolute atomic E-state index is 0.517. The monoisotopic (exact) mass is 248 g/mol. The molecule has 5 heteroatoms. The maximum Gasteiger partial charge on any atom is 0.320 e. The van der Waals surface area contributed by atoms with Gasteiger partial charge in [0.15, 0.2) is 11.5 Å². The Morgan fingerprint density at radius 3 is 2.94 bits per heavy atom. The van der Waals surface area contributed by atoms with Gasteiger partial charge in [-0.15, -0.1) is 0 Å². The quantitative estimate of drug-likeness (QED) is 0.896. The van der Waals surface area contributed by atoms with Crippen LogP contribution >= 0.6 is 0 Å². The highest BCUT2D eigenvalue weighted by Gasteiger charge is 2.17. The van der Waals surface area contributed by atoms with Crippen molar-refractivity contribution in [3.63, 3.8) is 0 Å². The van der Waals surface area contributed by atoms with Crippen LogP contribution in [0.3, 0.4) is 0 Å². The summed E-state index contributed by atoms with van der Waals surface area (Å²) < 4.78 is 5.45. The number of carbonyl (C=O) groups is 1. The van der Waals surface area contributed by atoms with E-state index >= 15 is 0 Å². The number of aliphatic carboxylic acids is 1. The summed E-state index contributed by atoms with van der Waals surface area (Å²) in [7, 11) is 1.79. The lowest BCUT2D eigenvalue weighted by molar-refractivity contribution is -0.142.